The molecule has 0 fully saturated rings. The van der Waals surface area contributed by atoms with Crippen molar-refractivity contribution in [3.63, 3.8) is 0 Å². The molecule has 0 amide bonds. The summed E-state index contributed by atoms with van der Waals surface area (Å²) in [6.45, 7) is 3.24. The number of rotatable bonds is 4. The van der Waals surface area contributed by atoms with Crippen molar-refractivity contribution >= 4 is 22.6 Å². The Hall–Kier alpha value is -2.00. The minimum Gasteiger partial charge on any atom is -0.430 e. The van der Waals surface area contributed by atoms with Crippen LogP contribution in [0.15, 0.2) is 71.3 Å². The zero-order valence-electron chi connectivity index (χ0n) is 11.5. The van der Waals surface area contributed by atoms with Crippen LogP contribution in [0.4, 0.5) is 0 Å². The summed E-state index contributed by atoms with van der Waals surface area (Å²) in [7, 11) is 0. The zero-order valence-corrected chi connectivity index (χ0v) is 12.3. The van der Waals surface area contributed by atoms with Gasteiger partial charge in [0.25, 0.3) is 0 Å². The minimum absolute atomic E-state index is 0.301. The Balaban J connectivity index is 2.37. The lowest BCUT2D eigenvalue weighted by atomic mass is 10.2. The third-order valence-electron chi connectivity index (χ3n) is 2.62. The van der Waals surface area contributed by atoms with Crippen LogP contribution in [0.3, 0.4) is 0 Å². The van der Waals surface area contributed by atoms with E-state index in [1.54, 1.807) is 11.8 Å². The van der Waals surface area contributed by atoms with Crippen LogP contribution in [0.2, 0.25) is 0 Å². The minimum atomic E-state index is -0.301. The number of benzene rings is 2. The van der Waals surface area contributed by atoms with Crippen molar-refractivity contribution in [1.82, 2.24) is 0 Å². The summed E-state index contributed by atoms with van der Waals surface area (Å²) in [5.74, 6) is 0.321. The first-order chi connectivity index (χ1) is 9.66. The van der Waals surface area contributed by atoms with Crippen molar-refractivity contribution in [3.05, 3.63) is 72.0 Å². The highest BCUT2D eigenvalue weighted by Gasteiger charge is 2.10. The predicted octanol–water partition coefficient (Wildman–Crippen LogP) is 4.73. The maximum atomic E-state index is 11.2. The van der Waals surface area contributed by atoms with Crippen LogP contribution in [0.25, 0.3) is 4.91 Å². The molecule has 0 aromatic heterocycles. The summed E-state index contributed by atoms with van der Waals surface area (Å²) < 4.78 is 5.26. The highest BCUT2D eigenvalue weighted by atomic mass is 32.2. The van der Waals surface area contributed by atoms with Crippen LogP contribution in [0, 0.1) is 0 Å². The van der Waals surface area contributed by atoms with Gasteiger partial charge in [-0.15, -0.1) is 0 Å². The van der Waals surface area contributed by atoms with E-state index in [-0.39, 0.29) is 5.97 Å². The number of hydrogen-bond acceptors (Lipinski definition) is 3. The van der Waals surface area contributed by atoms with Crippen LogP contribution in [-0.2, 0) is 9.53 Å². The van der Waals surface area contributed by atoms with Gasteiger partial charge in [0.05, 0.1) is 4.91 Å². The highest BCUT2D eigenvalue weighted by Crippen LogP contribution is 2.36. The van der Waals surface area contributed by atoms with Crippen molar-refractivity contribution in [2.75, 3.05) is 0 Å². The van der Waals surface area contributed by atoms with Crippen LogP contribution < -0.4 is 0 Å². The molecule has 2 aromatic carbocycles. The second-order valence-electron chi connectivity index (χ2n) is 4.26. The van der Waals surface area contributed by atoms with Crippen molar-refractivity contribution in [2.24, 2.45) is 0 Å². The number of thioether (sulfide) groups is 1. The van der Waals surface area contributed by atoms with Crippen molar-refractivity contribution < 1.29 is 9.53 Å². The fourth-order valence-electron chi connectivity index (χ4n) is 1.79. The first-order valence-corrected chi connectivity index (χ1v) is 7.16. The molecule has 20 heavy (non-hydrogen) atoms. The monoisotopic (exact) mass is 284 g/mol. The molecule has 0 unspecified atom stereocenters. The summed E-state index contributed by atoms with van der Waals surface area (Å²) in [6, 6.07) is 20.0. The second-order valence-corrected chi connectivity index (χ2v) is 5.34. The fourth-order valence-corrected chi connectivity index (χ4v) is 2.76. The molecule has 0 aliphatic carbocycles. The molecule has 0 saturated carbocycles. The summed E-state index contributed by atoms with van der Waals surface area (Å²) >= 11 is 1.59. The van der Waals surface area contributed by atoms with Gasteiger partial charge in [0.2, 0.25) is 0 Å². The fraction of sp³-hybridized carbons (Fsp3) is 0.118. The molecule has 0 atom stereocenters. The zero-order chi connectivity index (χ0) is 14.4. The van der Waals surface area contributed by atoms with Crippen LogP contribution in [-0.4, -0.2) is 5.97 Å². The standard InChI is InChI=1S/C17H16O2S/c1-13(19-14(2)18)17(15-9-5-3-6-10-15)20-16-11-7-4-8-12-16/h3-12H,1-2H3/b17-13+. The van der Waals surface area contributed by atoms with Gasteiger partial charge in [-0.25, -0.2) is 0 Å². The van der Waals surface area contributed by atoms with E-state index in [2.05, 4.69) is 0 Å². The first-order valence-electron chi connectivity index (χ1n) is 6.34. The molecular weight excluding hydrogens is 268 g/mol. The normalized spacial score (nSPS) is 11.7. The molecular formula is C17H16O2S. The van der Waals surface area contributed by atoms with Gasteiger partial charge >= 0.3 is 5.97 Å². The molecule has 0 heterocycles. The molecule has 0 spiro atoms. The maximum Gasteiger partial charge on any atom is 0.307 e. The second kappa shape index (κ2) is 6.96. The quantitative estimate of drug-likeness (QED) is 0.461. The molecule has 0 aliphatic rings. The molecule has 0 aliphatic heterocycles. The largest absolute Gasteiger partial charge is 0.430 e. The van der Waals surface area contributed by atoms with Gasteiger partial charge in [0.15, 0.2) is 0 Å². The molecule has 0 N–H and O–H groups in total. The van der Waals surface area contributed by atoms with Gasteiger partial charge in [-0.3, -0.25) is 4.79 Å². The van der Waals surface area contributed by atoms with E-state index >= 15 is 0 Å². The SMILES string of the molecule is CC(=O)O/C(C)=C(/Sc1ccccc1)c1ccccc1. The van der Waals surface area contributed by atoms with Gasteiger partial charge in [-0.2, -0.15) is 0 Å². The van der Waals surface area contributed by atoms with E-state index in [4.69, 9.17) is 4.74 Å². The molecule has 2 aromatic rings. The van der Waals surface area contributed by atoms with Crippen molar-refractivity contribution in [1.29, 1.82) is 0 Å². The number of hydrogen-bond donors (Lipinski definition) is 0. The van der Waals surface area contributed by atoms with Crippen LogP contribution in [0.5, 0.6) is 0 Å². The van der Waals surface area contributed by atoms with E-state index in [0.29, 0.717) is 5.76 Å². The van der Waals surface area contributed by atoms with E-state index in [1.165, 1.54) is 6.92 Å². The Kier molecular flexibility index (Phi) is 5.02. The average Bonchev–Trinajstić information content (AvgIpc) is 2.46. The smallest absolute Gasteiger partial charge is 0.307 e. The number of allylic oxidation sites excluding steroid dienone is 1. The summed E-state index contributed by atoms with van der Waals surface area (Å²) in [4.78, 5) is 13.2. The topological polar surface area (TPSA) is 26.3 Å². The Morgan fingerprint density at radius 2 is 1.45 bits per heavy atom. The molecule has 2 nitrogen and oxygen atoms in total. The Labute approximate surface area is 123 Å². The third-order valence-corrected chi connectivity index (χ3v) is 3.85. The van der Waals surface area contributed by atoms with Gasteiger partial charge in [-0.05, 0) is 24.6 Å². The molecule has 0 saturated heterocycles. The molecule has 0 bridgehead atoms. The first kappa shape index (κ1) is 14.4. The molecule has 3 heteroatoms. The van der Waals surface area contributed by atoms with E-state index in [0.717, 1.165) is 15.4 Å². The maximum absolute atomic E-state index is 11.2. The lowest BCUT2D eigenvalue weighted by Gasteiger charge is -2.11. The lowest BCUT2D eigenvalue weighted by Crippen LogP contribution is -1.98. The molecule has 0 radical (unpaired) electrons. The lowest BCUT2D eigenvalue weighted by molar-refractivity contribution is -0.136. The van der Waals surface area contributed by atoms with Crippen molar-refractivity contribution in [3.8, 4) is 0 Å². The predicted molar refractivity (Wildman–Crippen MR) is 83.1 cm³/mol. The highest BCUT2D eigenvalue weighted by molar-refractivity contribution is 8.08. The van der Waals surface area contributed by atoms with Gasteiger partial charge in [-0.1, -0.05) is 60.3 Å². The number of ether oxygens (including phenoxy) is 1. The van der Waals surface area contributed by atoms with Gasteiger partial charge < -0.3 is 4.74 Å². The van der Waals surface area contributed by atoms with E-state index in [9.17, 15) is 4.79 Å². The molecule has 2 rings (SSSR count). The van der Waals surface area contributed by atoms with Gasteiger partial charge in [0, 0.05) is 11.8 Å². The Morgan fingerprint density at radius 1 is 0.900 bits per heavy atom. The third kappa shape index (κ3) is 4.00. The van der Waals surface area contributed by atoms with E-state index in [1.807, 2.05) is 67.6 Å². The van der Waals surface area contributed by atoms with Crippen molar-refractivity contribution in [2.45, 2.75) is 18.7 Å². The van der Waals surface area contributed by atoms with E-state index < -0.39 is 0 Å². The summed E-state index contributed by atoms with van der Waals surface area (Å²) in [6.07, 6.45) is 0. The molecule has 102 valence electrons. The Morgan fingerprint density at radius 3 is 2.00 bits per heavy atom. The van der Waals surface area contributed by atoms with Crippen LogP contribution >= 0.6 is 11.8 Å². The number of esters is 1. The van der Waals surface area contributed by atoms with Crippen LogP contribution in [0.1, 0.15) is 19.4 Å². The number of carbonyl (C=O) groups is 1. The average molecular weight is 284 g/mol. The summed E-state index contributed by atoms with van der Waals surface area (Å²) in [5.41, 5.74) is 1.04. The number of carbonyl (C=O) groups excluding carboxylic acids is 1. The van der Waals surface area contributed by atoms with Gasteiger partial charge in [0.1, 0.15) is 5.76 Å². The Bertz CT molecular complexity index is 603. The summed E-state index contributed by atoms with van der Waals surface area (Å²) in [5, 5.41) is 0.